The van der Waals surface area contributed by atoms with Crippen molar-refractivity contribution in [1.82, 2.24) is 15.2 Å². The van der Waals surface area contributed by atoms with E-state index in [1.165, 1.54) is 0 Å². The number of carboxylic acid groups (broad SMARTS) is 1. The molecule has 1 aliphatic rings. The second kappa shape index (κ2) is 6.09. The van der Waals surface area contributed by atoms with Gasteiger partial charge < -0.3 is 15.3 Å². The van der Waals surface area contributed by atoms with Gasteiger partial charge in [0.15, 0.2) is 0 Å². The van der Waals surface area contributed by atoms with E-state index in [2.05, 4.69) is 15.2 Å². The first-order valence-electron chi connectivity index (χ1n) is 5.82. The third kappa shape index (κ3) is 4.07. The molecule has 0 aromatic carbocycles. The Kier molecular flexibility index (Phi) is 4.47. The minimum Gasteiger partial charge on any atom is -0.481 e. The lowest BCUT2D eigenvalue weighted by Gasteiger charge is -2.26. The number of aromatic nitrogens is 1. The third-order valence-corrected chi connectivity index (χ3v) is 3.74. The summed E-state index contributed by atoms with van der Waals surface area (Å²) in [4.78, 5) is 17.3. The van der Waals surface area contributed by atoms with Crippen molar-refractivity contribution in [3.63, 3.8) is 0 Å². The number of aliphatic carboxylic acids is 1. The van der Waals surface area contributed by atoms with Crippen LogP contribution in [-0.2, 0) is 17.6 Å². The molecule has 2 N–H and O–H groups in total. The van der Waals surface area contributed by atoms with Gasteiger partial charge in [0.05, 0.1) is 17.1 Å². The number of piperazine rings is 1. The Labute approximate surface area is 104 Å². The van der Waals surface area contributed by atoms with Gasteiger partial charge in [-0.05, 0) is 0 Å². The van der Waals surface area contributed by atoms with Crippen LogP contribution in [0.25, 0.3) is 0 Å². The van der Waals surface area contributed by atoms with Gasteiger partial charge in [0.2, 0.25) is 0 Å². The topological polar surface area (TPSA) is 65.5 Å². The van der Waals surface area contributed by atoms with Crippen molar-refractivity contribution in [3.05, 3.63) is 16.1 Å². The van der Waals surface area contributed by atoms with Crippen LogP contribution in [0.3, 0.4) is 0 Å². The number of rotatable bonds is 5. The van der Waals surface area contributed by atoms with Crippen molar-refractivity contribution >= 4 is 17.3 Å². The summed E-state index contributed by atoms with van der Waals surface area (Å²) in [7, 11) is 0. The quantitative estimate of drug-likeness (QED) is 0.788. The Bertz CT molecular complexity index is 375. The molecule has 6 heteroatoms. The molecule has 94 valence electrons. The number of hydrogen-bond donors (Lipinski definition) is 2. The van der Waals surface area contributed by atoms with E-state index < -0.39 is 5.97 Å². The number of hydrogen-bond acceptors (Lipinski definition) is 5. The van der Waals surface area contributed by atoms with Gasteiger partial charge in [0.1, 0.15) is 0 Å². The first-order valence-corrected chi connectivity index (χ1v) is 6.70. The Morgan fingerprint density at radius 1 is 1.53 bits per heavy atom. The fraction of sp³-hybridized carbons (Fsp3) is 0.636. The third-order valence-electron chi connectivity index (χ3n) is 2.78. The summed E-state index contributed by atoms with van der Waals surface area (Å²) in [5, 5.41) is 14.9. The number of thiazole rings is 1. The zero-order chi connectivity index (χ0) is 12.1. The van der Waals surface area contributed by atoms with E-state index in [-0.39, 0.29) is 6.42 Å². The summed E-state index contributed by atoms with van der Waals surface area (Å²) in [6, 6.07) is 0. The summed E-state index contributed by atoms with van der Waals surface area (Å²) in [6.45, 7) is 5.31. The second-order valence-electron chi connectivity index (χ2n) is 4.14. The molecule has 0 amide bonds. The maximum atomic E-state index is 10.5. The predicted molar refractivity (Wildman–Crippen MR) is 66.5 cm³/mol. The highest BCUT2D eigenvalue weighted by Crippen LogP contribution is 2.11. The van der Waals surface area contributed by atoms with Gasteiger partial charge in [0.25, 0.3) is 0 Å². The van der Waals surface area contributed by atoms with E-state index in [1.54, 1.807) is 11.3 Å². The molecule has 1 fully saturated rings. The standard InChI is InChI=1S/C11H17N3O2S/c15-11(16)7-9-8-17-10(13-9)1-4-14-5-2-12-3-6-14/h8,12H,1-7H2,(H,15,16). The lowest BCUT2D eigenvalue weighted by Crippen LogP contribution is -2.44. The van der Waals surface area contributed by atoms with E-state index in [1.807, 2.05) is 5.38 Å². The van der Waals surface area contributed by atoms with Crippen LogP contribution in [0.15, 0.2) is 5.38 Å². The van der Waals surface area contributed by atoms with Crippen LogP contribution >= 0.6 is 11.3 Å². The molecule has 0 unspecified atom stereocenters. The van der Waals surface area contributed by atoms with Gasteiger partial charge in [-0.2, -0.15) is 0 Å². The van der Waals surface area contributed by atoms with Crippen LogP contribution in [0.5, 0.6) is 0 Å². The van der Waals surface area contributed by atoms with Gasteiger partial charge in [-0.15, -0.1) is 11.3 Å². The van der Waals surface area contributed by atoms with Crippen LogP contribution in [0.2, 0.25) is 0 Å². The normalized spacial score (nSPS) is 17.2. The number of carboxylic acids is 1. The molecule has 5 nitrogen and oxygen atoms in total. The van der Waals surface area contributed by atoms with Crippen molar-refractivity contribution in [3.8, 4) is 0 Å². The Balaban J connectivity index is 1.78. The number of nitrogens with zero attached hydrogens (tertiary/aromatic N) is 2. The number of carbonyl (C=O) groups is 1. The van der Waals surface area contributed by atoms with Crippen LogP contribution in [-0.4, -0.2) is 53.7 Å². The minimum absolute atomic E-state index is 0.0319. The molecule has 0 spiro atoms. The lowest BCUT2D eigenvalue weighted by molar-refractivity contribution is -0.136. The molecule has 2 rings (SSSR count). The summed E-state index contributed by atoms with van der Waals surface area (Å²) >= 11 is 1.56. The Morgan fingerprint density at radius 2 is 2.29 bits per heavy atom. The largest absolute Gasteiger partial charge is 0.481 e. The molecule has 2 heterocycles. The molecule has 0 bridgehead atoms. The monoisotopic (exact) mass is 255 g/mol. The highest BCUT2D eigenvalue weighted by Gasteiger charge is 2.11. The predicted octanol–water partition coefficient (Wildman–Crippen LogP) is 0.218. The average molecular weight is 255 g/mol. The molecule has 0 atom stereocenters. The highest BCUT2D eigenvalue weighted by atomic mass is 32.1. The molecular formula is C11H17N3O2S. The lowest BCUT2D eigenvalue weighted by atomic mass is 10.3. The van der Waals surface area contributed by atoms with Gasteiger partial charge in [-0.25, -0.2) is 4.98 Å². The van der Waals surface area contributed by atoms with Crippen molar-refractivity contribution in [2.45, 2.75) is 12.8 Å². The van der Waals surface area contributed by atoms with E-state index in [4.69, 9.17) is 5.11 Å². The first-order chi connectivity index (χ1) is 8.24. The van der Waals surface area contributed by atoms with E-state index in [0.29, 0.717) is 5.69 Å². The SMILES string of the molecule is O=C(O)Cc1csc(CCN2CCNCC2)n1. The van der Waals surface area contributed by atoms with Crippen LogP contribution in [0, 0.1) is 0 Å². The molecule has 1 aromatic heterocycles. The van der Waals surface area contributed by atoms with Crippen molar-refractivity contribution in [2.75, 3.05) is 32.7 Å². The summed E-state index contributed by atoms with van der Waals surface area (Å²) in [5.41, 5.74) is 0.679. The van der Waals surface area contributed by atoms with Crippen molar-refractivity contribution in [2.24, 2.45) is 0 Å². The molecule has 1 aromatic rings. The van der Waals surface area contributed by atoms with Gasteiger partial charge in [0, 0.05) is 44.5 Å². The molecule has 0 saturated carbocycles. The van der Waals surface area contributed by atoms with Gasteiger partial charge in [-0.3, -0.25) is 4.79 Å². The molecule has 0 aliphatic carbocycles. The summed E-state index contributed by atoms with van der Waals surface area (Å²) in [6.07, 6.45) is 0.953. The zero-order valence-electron chi connectivity index (χ0n) is 9.69. The fourth-order valence-corrected chi connectivity index (χ4v) is 2.68. The molecule has 0 radical (unpaired) electrons. The molecule has 1 aliphatic heterocycles. The Hall–Kier alpha value is -0.980. The van der Waals surface area contributed by atoms with Crippen molar-refractivity contribution in [1.29, 1.82) is 0 Å². The highest BCUT2D eigenvalue weighted by molar-refractivity contribution is 7.09. The summed E-state index contributed by atoms with van der Waals surface area (Å²) < 4.78 is 0. The summed E-state index contributed by atoms with van der Waals surface area (Å²) in [5.74, 6) is -0.816. The van der Waals surface area contributed by atoms with E-state index >= 15 is 0 Å². The van der Waals surface area contributed by atoms with E-state index in [9.17, 15) is 4.79 Å². The molecule has 17 heavy (non-hydrogen) atoms. The van der Waals surface area contributed by atoms with Crippen LogP contribution < -0.4 is 5.32 Å². The van der Waals surface area contributed by atoms with Crippen LogP contribution in [0.1, 0.15) is 10.7 Å². The maximum Gasteiger partial charge on any atom is 0.309 e. The number of nitrogens with one attached hydrogen (secondary N) is 1. The minimum atomic E-state index is -0.816. The Morgan fingerprint density at radius 3 is 3.00 bits per heavy atom. The molecular weight excluding hydrogens is 238 g/mol. The second-order valence-corrected chi connectivity index (χ2v) is 5.09. The molecule has 1 saturated heterocycles. The van der Waals surface area contributed by atoms with Gasteiger partial charge in [-0.1, -0.05) is 0 Å². The van der Waals surface area contributed by atoms with Crippen LogP contribution in [0.4, 0.5) is 0 Å². The average Bonchev–Trinajstić information content (AvgIpc) is 2.75. The fourth-order valence-electron chi connectivity index (χ4n) is 1.89. The van der Waals surface area contributed by atoms with Crippen molar-refractivity contribution < 1.29 is 9.90 Å². The first kappa shape index (κ1) is 12.5. The van der Waals surface area contributed by atoms with E-state index in [0.717, 1.165) is 44.2 Å². The maximum absolute atomic E-state index is 10.5. The van der Waals surface area contributed by atoms with Gasteiger partial charge >= 0.3 is 5.97 Å². The zero-order valence-corrected chi connectivity index (χ0v) is 10.5. The smallest absolute Gasteiger partial charge is 0.309 e.